The molecule has 1 fully saturated rings. The topological polar surface area (TPSA) is 70.9 Å². The number of imidazole rings is 1. The lowest BCUT2D eigenvalue weighted by atomic mass is 10.1. The van der Waals surface area contributed by atoms with Crippen LogP contribution in [-0.4, -0.2) is 32.5 Å². The van der Waals surface area contributed by atoms with Crippen LogP contribution in [0.25, 0.3) is 11.2 Å². The van der Waals surface area contributed by atoms with Crippen LogP contribution in [0.15, 0.2) is 0 Å². The summed E-state index contributed by atoms with van der Waals surface area (Å²) in [4.78, 5) is 4.44. The largest absolute Gasteiger partial charge is 0.381 e. The van der Waals surface area contributed by atoms with Gasteiger partial charge in [0.05, 0.1) is 12.3 Å². The van der Waals surface area contributed by atoms with Crippen LogP contribution in [0.3, 0.4) is 0 Å². The number of nitrogen functional groups attached to an aromatic ring is 1. The van der Waals surface area contributed by atoms with Crippen molar-refractivity contribution in [1.82, 2.24) is 19.3 Å². The molecule has 1 saturated heterocycles. The summed E-state index contributed by atoms with van der Waals surface area (Å²) in [5, 5.41) is 4.49. The lowest BCUT2D eigenvalue weighted by Crippen LogP contribution is -2.15. The van der Waals surface area contributed by atoms with Crippen molar-refractivity contribution in [3.8, 4) is 0 Å². The van der Waals surface area contributed by atoms with Crippen LogP contribution in [0.5, 0.6) is 0 Å². The minimum atomic E-state index is 0.533. The summed E-state index contributed by atoms with van der Waals surface area (Å²) in [5.74, 6) is 1.12. The van der Waals surface area contributed by atoms with E-state index in [0.29, 0.717) is 11.9 Å². The van der Waals surface area contributed by atoms with Crippen LogP contribution in [0.1, 0.15) is 19.0 Å². The molecule has 1 atom stereocenters. The molecular formula is C12H19N5O. The Hall–Kier alpha value is -1.56. The van der Waals surface area contributed by atoms with Crippen LogP contribution in [-0.2, 0) is 17.8 Å². The zero-order chi connectivity index (χ0) is 12.7. The molecule has 1 unspecified atom stereocenters. The molecule has 0 amide bonds. The van der Waals surface area contributed by atoms with Crippen molar-refractivity contribution in [2.24, 2.45) is 5.92 Å². The molecule has 0 aliphatic carbocycles. The van der Waals surface area contributed by atoms with Gasteiger partial charge < -0.3 is 10.5 Å². The van der Waals surface area contributed by atoms with E-state index in [9.17, 15) is 0 Å². The molecule has 98 valence electrons. The van der Waals surface area contributed by atoms with E-state index in [-0.39, 0.29) is 0 Å². The van der Waals surface area contributed by atoms with Crippen LogP contribution < -0.4 is 5.73 Å². The van der Waals surface area contributed by atoms with Crippen molar-refractivity contribution in [3.05, 3.63) is 5.69 Å². The van der Waals surface area contributed by atoms with E-state index in [1.165, 1.54) is 0 Å². The zero-order valence-electron chi connectivity index (χ0n) is 10.9. The fourth-order valence-corrected chi connectivity index (χ4v) is 2.63. The number of nitrogens with zero attached hydrogens (tertiary/aromatic N) is 4. The second-order valence-corrected chi connectivity index (χ2v) is 4.88. The summed E-state index contributed by atoms with van der Waals surface area (Å²) in [5.41, 5.74) is 8.95. The molecule has 6 heteroatoms. The van der Waals surface area contributed by atoms with Gasteiger partial charge in [0.15, 0.2) is 5.65 Å². The Kier molecular flexibility index (Phi) is 2.74. The fraction of sp³-hybridized carbons (Fsp3) is 0.667. The number of ether oxygens (including phenoxy) is 1. The number of aryl methyl sites for hydroxylation is 2. The standard InChI is InChI=1S/C12H19N5O/c1-3-17-11-10(8(2)15-17)14-12(13)16(11)6-9-4-5-18-7-9/h9H,3-7H2,1-2H3,(H2,13,14). The highest BCUT2D eigenvalue weighted by Gasteiger charge is 2.22. The normalized spacial score (nSPS) is 20.0. The summed E-state index contributed by atoms with van der Waals surface area (Å²) in [7, 11) is 0. The van der Waals surface area contributed by atoms with E-state index in [1.807, 2.05) is 11.6 Å². The van der Waals surface area contributed by atoms with Gasteiger partial charge in [-0.05, 0) is 20.3 Å². The van der Waals surface area contributed by atoms with Gasteiger partial charge in [-0.1, -0.05) is 0 Å². The quantitative estimate of drug-likeness (QED) is 0.886. The van der Waals surface area contributed by atoms with Gasteiger partial charge in [-0.15, -0.1) is 0 Å². The molecule has 0 aromatic carbocycles. The maximum absolute atomic E-state index is 6.04. The smallest absolute Gasteiger partial charge is 0.202 e. The Balaban J connectivity index is 2.05. The number of fused-ring (bicyclic) bond motifs is 1. The number of aromatic nitrogens is 4. The van der Waals surface area contributed by atoms with E-state index in [2.05, 4.69) is 21.6 Å². The second kappa shape index (κ2) is 4.28. The molecule has 2 N–H and O–H groups in total. The van der Waals surface area contributed by atoms with Gasteiger partial charge in [-0.3, -0.25) is 4.57 Å². The zero-order valence-corrected chi connectivity index (χ0v) is 10.9. The SMILES string of the molecule is CCn1nc(C)c2nc(N)n(CC3CCOC3)c21. The maximum Gasteiger partial charge on any atom is 0.202 e. The Morgan fingerprint density at radius 1 is 1.50 bits per heavy atom. The molecule has 3 heterocycles. The molecule has 6 nitrogen and oxygen atoms in total. The summed E-state index contributed by atoms with van der Waals surface area (Å²) >= 11 is 0. The van der Waals surface area contributed by atoms with Crippen LogP contribution in [0.4, 0.5) is 5.95 Å². The lowest BCUT2D eigenvalue weighted by molar-refractivity contribution is 0.183. The summed E-state index contributed by atoms with van der Waals surface area (Å²) < 4.78 is 9.48. The minimum Gasteiger partial charge on any atom is -0.381 e. The van der Waals surface area contributed by atoms with Crippen molar-refractivity contribution in [2.75, 3.05) is 18.9 Å². The van der Waals surface area contributed by atoms with E-state index in [1.54, 1.807) is 0 Å². The molecule has 0 radical (unpaired) electrons. The highest BCUT2D eigenvalue weighted by molar-refractivity contribution is 5.77. The average molecular weight is 249 g/mol. The fourth-order valence-electron chi connectivity index (χ4n) is 2.63. The summed E-state index contributed by atoms with van der Waals surface area (Å²) in [6.07, 6.45) is 1.10. The van der Waals surface area contributed by atoms with Crippen LogP contribution in [0.2, 0.25) is 0 Å². The van der Waals surface area contributed by atoms with E-state index in [0.717, 1.165) is 49.6 Å². The molecule has 0 bridgehead atoms. The molecule has 1 aliphatic rings. The Morgan fingerprint density at radius 3 is 3.00 bits per heavy atom. The summed E-state index contributed by atoms with van der Waals surface area (Å²) in [6, 6.07) is 0. The van der Waals surface area contributed by atoms with E-state index >= 15 is 0 Å². The van der Waals surface area contributed by atoms with Gasteiger partial charge >= 0.3 is 0 Å². The Labute approximate surface area is 106 Å². The predicted molar refractivity (Wildman–Crippen MR) is 69.3 cm³/mol. The molecule has 2 aromatic rings. The first-order chi connectivity index (χ1) is 8.70. The monoisotopic (exact) mass is 249 g/mol. The Morgan fingerprint density at radius 2 is 2.33 bits per heavy atom. The van der Waals surface area contributed by atoms with Gasteiger partial charge in [0.25, 0.3) is 0 Å². The molecule has 3 rings (SSSR count). The lowest BCUT2D eigenvalue weighted by Gasteiger charge is -2.11. The number of hydrogen-bond donors (Lipinski definition) is 1. The third-order valence-electron chi connectivity index (χ3n) is 3.59. The van der Waals surface area contributed by atoms with Crippen molar-refractivity contribution in [3.63, 3.8) is 0 Å². The third-order valence-corrected chi connectivity index (χ3v) is 3.59. The average Bonchev–Trinajstić information content (AvgIpc) is 3.02. The molecular weight excluding hydrogens is 230 g/mol. The molecule has 0 spiro atoms. The first-order valence-electron chi connectivity index (χ1n) is 6.47. The first kappa shape index (κ1) is 11.5. The second-order valence-electron chi connectivity index (χ2n) is 4.88. The van der Waals surface area contributed by atoms with Crippen molar-refractivity contribution < 1.29 is 4.74 Å². The van der Waals surface area contributed by atoms with Crippen LogP contribution >= 0.6 is 0 Å². The van der Waals surface area contributed by atoms with Gasteiger partial charge in [-0.2, -0.15) is 5.10 Å². The third kappa shape index (κ3) is 1.68. The summed E-state index contributed by atoms with van der Waals surface area (Å²) in [6.45, 7) is 7.43. The van der Waals surface area contributed by atoms with E-state index < -0.39 is 0 Å². The molecule has 18 heavy (non-hydrogen) atoms. The number of nitrogens with two attached hydrogens (primary N) is 1. The molecule has 2 aromatic heterocycles. The predicted octanol–water partition coefficient (Wildman–Crippen LogP) is 1.18. The van der Waals surface area contributed by atoms with Gasteiger partial charge in [0.1, 0.15) is 5.52 Å². The first-order valence-corrected chi connectivity index (χ1v) is 6.47. The van der Waals surface area contributed by atoms with E-state index in [4.69, 9.17) is 10.5 Å². The number of rotatable bonds is 3. The van der Waals surface area contributed by atoms with Gasteiger partial charge in [0.2, 0.25) is 5.95 Å². The van der Waals surface area contributed by atoms with Gasteiger partial charge in [-0.25, -0.2) is 9.67 Å². The molecule has 1 aliphatic heterocycles. The maximum atomic E-state index is 6.04. The van der Waals surface area contributed by atoms with Gasteiger partial charge in [0, 0.05) is 25.6 Å². The van der Waals surface area contributed by atoms with Crippen molar-refractivity contribution in [2.45, 2.75) is 33.4 Å². The Bertz CT molecular complexity index is 565. The number of hydrogen-bond acceptors (Lipinski definition) is 4. The van der Waals surface area contributed by atoms with Crippen molar-refractivity contribution in [1.29, 1.82) is 0 Å². The number of anilines is 1. The molecule has 0 saturated carbocycles. The van der Waals surface area contributed by atoms with Crippen molar-refractivity contribution >= 4 is 17.1 Å². The highest BCUT2D eigenvalue weighted by Crippen LogP contribution is 2.24. The minimum absolute atomic E-state index is 0.533. The highest BCUT2D eigenvalue weighted by atomic mass is 16.5. The van der Waals surface area contributed by atoms with Crippen LogP contribution in [0, 0.1) is 12.8 Å².